The van der Waals surface area contributed by atoms with Crippen molar-refractivity contribution < 1.29 is 14.8 Å². The number of pyridine rings is 1. The van der Waals surface area contributed by atoms with E-state index in [1.165, 1.54) is 13.2 Å². The Hall–Kier alpha value is -1.86. The van der Waals surface area contributed by atoms with Gasteiger partial charge >= 0.3 is 7.12 Å². The van der Waals surface area contributed by atoms with Crippen LogP contribution in [0.2, 0.25) is 0 Å². The van der Waals surface area contributed by atoms with E-state index in [0.29, 0.717) is 5.88 Å². The van der Waals surface area contributed by atoms with Crippen molar-refractivity contribution >= 4 is 12.7 Å². The molecule has 0 aromatic carbocycles. The van der Waals surface area contributed by atoms with E-state index >= 15 is 0 Å². The molecule has 0 unspecified atom stereocenters. The van der Waals surface area contributed by atoms with E-state index in [4.69, 9.17) is 14.8 Å². The van der Waals surface area contributed by atoms with E-state index in [-0.39, 0.29) is 5.59 Å². The largest absolute Gasteiger partial charge is 0.508 e. The first-order valence-corrected chi connectivity index (χ1v) is 5.02. The minimum absolute atomic E-state index is 0.148. The lowest BCUT2D eigenvalue weighted by Gasteiger charge is -2.07. The maximum Gasteiger partial charge on any atom is 0.508 e. The fraction of sp³-hybridized carbons (Fsp3) is 0.200. The summed E-state index contributed by atoms with van der Waals surface area (Å²) in [7, 11) is 1.69. The normalized spacial score (nSPS) is 10.4. The van der Waals surface area contributed by atoms with Gasteiger partial charge in [-0.25, -0.2) is 4.98 Å². The standard InChI is InChI=1S/C10H12BN3O3/c1-14-6-7(5-12-14)8-3-4-9(11(15)16)13-10(8)17-2/h3-6,15-16H,1-2H3. The summed E-state index contributed by atoms with van der Waals surface area (Å²) in [6, 6.07) is 3.26. The Labute approximate surface area is 98.6 Å². The Kier molecular flexibility index (Phi) is 3.12. The summed E-state index contributed by atoms with van der Waals surface area (Å²) in [5, 5.41) is 22.1. The van der Waals surface area contributed by atoms with Crippen LogP contribution in [0.5, 0.6) is 5.88 Å². The van der Waals surface area contributed by atoms with Gasteiger partial charge in [0.15, 0.2) is 0 Å². The first-order chi connectivity index (χ1) is 8.11. The number of methoxy groups -OCH3 is 1. The van der Waals surface area contributed by atoms with Gasteiger partial charge in [0.2, 0.25) is 5.88 Å². The van der Waals surface area contributed by atoms with Crippen molar-refractivity contribution in [1.82, 2.24) is 14.8 Å². The van der Waals surface area contributed by atoms with E-state index in [9.17, 15) is 0 Å². The molecular formula is C10H12BN3O3. The Morgan fingerprint density at radius 1 is 1.35 bits per heavy atom. The fourth-order valence-corrected chi connectivity index (χ4v) is 1.53. The second-order valence-corrected chi connectivity index (χ2v) is 3.57. The Morgan fingerprint density at radius 3 is 2.65 bits per heavy atom. The van der Waals surface area contributed by atoms with Crippen molar-refractivity contribution in [3.63, 3.8) is 0 Å². The maximum atomic E-state index is 9.03. The zero-order chi connectivity index (χ0) is 12.4. The van der Waals surface area contributed by atoms with Gasteiger partial charge < -0.3 is 14.8 Å². The molecule has 0 saturated heterocycles. The number of hydrogen-bond donors (Lipinski definition) is 2. The Bertz CT molecular complexity index is 527. The highest BCUT2D eigenvalue weighted by atomic mass is 16.5. The quantitative estimate of drug-likeness (QED) is 0.676. The third-order valence-corrected chi connectivity index (χ3v) is 2.36. The molecule has 2 aromatic heterocycles. The predicted molar refractivity (Wildman–Crippen MR) is 62.8 cm³/mol. The van der Waals surface area contributed by atoms with Gasteiger partial charge in [-0.2, -0.15) is 5.10 Å². The van der Waals surface area contributed by atoms with Gasteiger partial charge in [0, 0.05) is 24.4 Å². The van der Waals surface area contributed by atoms with Crippen LogP contribution in [0.15, 0.2) is 24.5 Å². The minimum Gasteiger partial charge on any atom is -0.481 e. The highest BCUT2D eigenvalue weighted by Gasteiger charge is 2.17. The van der Waals surface area contributed by atoms with Gasteiger partial charge in [-0.15, -0.1) is 0 Å². The highest BCUT2D eigenvalue weighted by molar-refractivity contribution is 6.57. The van der Waals surface area contributed by atoms with Crippen molar-refractivity contribution in [3.05, 3.63) is 24.5 Å². The molecular weight excluding hydrogens is 221 g/mol. The molecule has 0 fully saturated rings. The summed E-state index contributed by atoms with van der Waals surface area (Å²) in [5.74, 6) is 0.337. The van der Waals surface area contributed by atoms with Crippen LogP contribution in [-0.4, -0.2) is 39.0 Å². The van der Waals surface area contributed by atoms with Crippen molar-refractivity contribution in [2.24, 2.45) is 7.05 Å². The molecule has 7 heteroatoms. The number of aryl methyl sites for hydroxylation is 1. The molecule has 0 bridgehead atoms. The van der Waals surface area contributed by atoms with Crippen LogP contribution in [0.4, 0.5) is 0 Å². The van der Waals surface area contributed by atoms with Gasteiger partial charge in [0.05, 0.1) is 18.9 Å². The molecule has 0 aliphatic rings. The van der Waals surface area contributed by atoms with Crippen molar-refractivity contribution in [2.45, 2.75) is 0 Å². The molecule has 88 valence electrons. The van der Waals surface area contributed by atoms with Gasteiger partial charge in [-0.1, -0.05) is 0 Å². The molecule has 0 atom stereocenters. The molecule has 2 rings (SSSR count). The van der Waals surface area contributed by atoms with Crippen LogP contribution >= 0.6 is 0 Å². The van der Waals surface area contributed by atoms with Crippen LogP contribution < -0.4 is 10.3 Å². The van der Waals surface area contributed by atoms with Crippen molar-refractivity contribution in [2.75, 3.05) is 7.11 Å². The molecule has 0 radical (unpaired) electrons. The third kappa shape index (κ3) is 2.30. The summed E-state index contributed by atoms with van der Waals surface area (Å²) in [6.07, 6.45) is 3.52. The van der Waals surface area contributed by atoms with E-state index in [0.717, 1.165) is 11.1 Å². The van der Waals surface area contributed by atoms with E-state index in [2.05, 4.69) is 10.1 Å². The molecule has 0 aliphatic heterocycles. The van der Waals surface area contributed by atoms with Crippen LogP contribution in [0.3, 0.4) is 0 Å². The summed E-state index contributed by atoms with van der Waals surface area (Å²) in [5.41, 5.74) is 1.76. The molecule has 2 heterocycles. The molecule has 0 saturated carbocycles. The molecule has 2 N–H and O–H groups in total. The number of hydrogen-bond acceptors (Lipinski definition) is 5. The summed E-state index contributed by atoms with van der Waals surface area (Å²) in [6.45, 7) is 0. The number of nitrogens with zero attached hydrogens (tertiary/aromatic N) is 3. The van der Waals surface area contributed by atoms with Crippen molar-refractivity contribution in [3.8, 4) is 17.0 Å². The Balaban J connectivity index is 2.48. The maximum absolute atomic E-state index is 9.03. The molecule has 6 nitrogen and oxygen atoms in total. The molecule has 0 amide bonds. The molecule has 17 heavy (non-hydrogen) atoms. The second-order valence-electron chi connectivity index (χ2n) is 3.57. The summed E-state index contributed by atoms with van der Waals surface area (Å²) < 4.78 is 6.80. The van der Waals surface area contributed by atoms with Crippen LogP contribution in [0.25, 0.3) is 11.1 Å². The monoisotopic (exact) mass is 233 g/mol. The summed E-state index contributed by atoms with van der Waals surface area (Å²) >= 11 is 0. The van der Waals surface area contributed by atoms with Crippen LogP contribution in [-0.2, 0) is 7.05 Å². The lowest BCUT2D eigenvalue weighted by molar-refractivity contribution is 0.396. The second kappa shape index (κ2) is 4.56. The van der Waals surface area contributed by atoms with Gasteiger partial charge in [-0.05, 0) is 12.1 Å². The fourth-order valence-electron chi connectivity index (χ4n) is 1.53. The molecule has 0 aliphatic carbocycles. The van der Waals surface area contributed by atoms with Crippen LogP contribution in [0.1, 0.15) is 0 Å². The first kappa shape index (κ1) is 11.6. The van der Waals surface area contributed by atoms with Gasteiger partial charge in [-0.3, -0.25) is 4.68 Å². The number of ether oxygens (including phenoxy) is 1. The Morgan fingerprint density at radius 2 is 2.12 bits per heavy atom. The molecule has 0 spiro atoms. The van der Waals surface area contributed by atoms with Crippen LogP contribution in [0, 0.1) is 0 Å². The summed E-state index contributed by atoms with van der Waals surface area (Å²) in [4.78, 5) is 4.02. The highest BCUT2D eigenvalue weighted by Crippen LogP contribution is 2.26. The molecule has 2 aromatic rings. The van der Waals surface area contributed by atoms with Gasteiger partial charge in [0.1, 0.15) is 0 Å². The average molecular weight is 233 g/mol. The van der Waals surface area contributed by atoms with E-state index in [1.54, 1.807) is 16.9 Å². The lowest BCUT2D eigenvalue weighted by atomic mass is 9.85. The predicted octanol–water partition coefficient (Wildman–Crippen LogP) is -0.830. The third-order valence-electron chi connectivity index (χ3n) is 2.36. The smallest absolute Gasteiger partial charge is 0.481 e. The van der Waals surface area contributed by atoms with E-state index in [1.807, 2.05) is 13.2 Å². The topological polar surface area (TPSA) is 80.4 Å². The lowest BCUT2D eigenvalue weighted by Crippen LogP contribution is -2.32. The zero-order valence-electron chi connectivity index (χ0n) is 9.53. The first-order valence-electron chi connectivity index (χ1n) is 5.02. The number of aromatic nitrogens is 3. The zero-order valence-corrected chi connectivity index (χ0v) is 9.53. The van der Waals surface area contributed by atoms with Crippen molar-refractivity contribution in [1.29, 1.82) is 0 Å². The SMILES string of the molecule is COc1nc(B(O)O)ccc1-c1cnn(C)c1. The average Bonchev–Trinajstić information content (AvgIpc) is 2.74. The number of rotatable bonds is 3. The minimum atomic E-state index is -1.60. The van der Waals surface area contributed by atoms with E-state index < -0.39 is 7.12 Å². The van der Waals surface area contributed by atoms with Gasteiger partial charge in [0.25, 0.3) is 0 Å².